The van der Waals surface area contributed by atoms with E-state index in [-0.39, 0.29) is 7.43 Å². The SMILES string of the molecule is C.CC.CCc1ccc(OCc2ccnc(OC)c2)c(SCc2ccccc2)c1. The van der Waals surface area contributed by atoms with Crippen molar-refractivity contribution >= 4 is 11.8 Å². The van der Waals surface area contributed by atoms with Crippen LogP contribution in [-0.2, 0) is 18.8 Å². The van der Waals surface area contributed by atoms with E-state index in [1.165, 1.54) is 16.0 Å². The molecule has 0 aliphatic rings. The first-order valence-corrected chi connectivity index (χ1v) is 10.7. The van der Waals surface area contributed by atoms with E-state index in [0.717, 1.165) is 23.5 Å². The van der Waals surface area contributed by atoms with Crippen LogP contribution in [0, 0.1) is 0 Å². The molecule has 0 fully saturated rings. The minimum Gasteiger partial charge on any atom is -0.488 e. The fourth-order valence-corrected chi connectivity index (χ4v) is 3.57. The van der Waals surface area contributed by atoms with Crippen molar-refractivity contribution in [1.82, 2.24) is 4.98 Å². The highest BCUT2D eigenvalue weighted by Crippen LogP contribution is 2.33. The fourth-order valence-electron chi connectivity index (χ4n) is 2.55. The Morgan fingerprint density at radius 3 is 2.34 bits per heavy atom. The summed E-state index contributed by atoms with van der Waals surface area (Å²) in [5, 5.41) is 0. The first-order valence-electron chi connectivity index (χ1n) is 9.70. The average Bonchev–Trinajstić information content (AvgIpc) is 2.78. The van der Waals surface area contributed by atoms with E-state index in [4.69, 9.17) is 9.47 Å². The number of aromatic nitrogens is 1. The lowest BCUT2D eigenvalue weighted by molar-refractivity contribution is 0.297. The minimum atomic E-state index is 0. The highest BCUT2D eigenvalue weighted by Gasteiger charge is 2.08. The molecule has 0 saturated carbocycles. The van der Waals surface area contributed by atoms with Crippen molar-refractivity contribution in [3.05, 3.63) is 83.6 Å². The summed E-state index contributed by atoms with van der Waals surface area (Å²) in [6.07, 6.45) is 2.75. The summed E-state index contributed by atoms with van der Waals surface area (Å²) < 4.78 is 11.3. The average molecular weight is 412 g/mol. The molecule has 0 amide bonds. The first kappa shape index (κ1) is 24.6. The van der Waals surface area contributed by atoms with Crippen molar-refractivity contribution in [3.63, 3.8) is 0 Å². The van der Waals surface area contributed by atoms with Crippen LogP contribution < -0.4 is 9.47 Å². The van der Waals surface area contributed by atoms with Crippen LogP contribution in [0.4, 0.5) is 0 Å². The van der Waals surface area contributed by atoms with E-state index < -0.39 is 0 Å². The highest BCUT2D eigenvalue weighted by molar-refractivity contribution is 7.98. The Balaban J connectivity index is 0.00000136. The molecule has 29 heavy (non-hydrogen) atoms. The molecule has 3 aromatic rings. The van der Waals surface area contributed by atoms with Gasteiger partial charge in [-0.25, -0.2) is 4.98 Å². The van der Waals surface area contributed by atoms with Gasteiger partial charge in [-0.3, -0.25) is 0 Å². The number of benzene rings is 2. The molecule has 0 unspecified atom stereocenters. The van der Waals surface area contributed by atoms with Gasteiger partial charge < -0.3 is 9.47 Å². The van der Waals surface area contributed by atoms with Crippen molar-refractivity contribution in [2.45, 2.75) is 51.9 Å². The number of nitrogens with zero attached hydrogens (tertiary/aromatic N) is 1. The first-order chi connectivity index (χ1) is 13.8. The second-order valence-electron chi connectivity index (χ2n) is 5.90. The fraction of sp³-hybridized carbons (Fsp3) is 0.320. The molecular weight excluding hydrogens is 378 g/mol. The van der Waals surface area contributed by atoms with Gasteiger partial charge >= 0.3 is 0 Å². The Labute approximate surface area is 180 Å². The van der Waals surface area contributed by atoms with Gasteiger partial charge in [0.1, 0.15) is 12.4 Å². The highest BCUT2D eigenvalue weighted by atomic mass is 32.2. The smallest absolute Gasteiger partial charge is 0.213 e. The maximum absolute atomic E-state index is 6.11. The summed E-state index contributed by atoms with van der Waals surface area (Å²) in [6.45, 7) is 6.66. The van der Waals surface area contributed by atoms with Crippen molar-refractivity contribution in [1.29, 1.82) is 0 Å². The van der Waals surface area contributed by atoms with Crippen molar-refractivity contribution in [2.24, 2.45) is 0 Å². The molecule has 156 valence electrons. The van der Waals surface area contributed by atoms with Gasteiger partial charge in [-0.1, -0.05) is 64.6 Å². The van der Waals surface area contributed by atoms with Gasteiger partial charge in [-0.2, -0.15) is 0 Å². The van der Waals surface area contributed by atoms with Crippen LogP contribution in [0.3, 0.4) is 0 Å². The van der Waals surface area contributed by atoms with Gasteiger partial charge in [0, 0.05) is 22.9 Å². The van der Waals surface area contributed by atoms with Gasteiger partial charge in [-0.05, 0) is 41.3 Å². The number of pyridine rings is 1. The molecule has 1 heterocycles. The molecule has 3 nitrogen and oxygen atoms in total. The minimum absolute atomic E-state index is 0. The number of ether oxygens (including phenoxy) is 2. The third-order valence-corrected chi connectivity index (χ3v) is 5.16. The lowest BCUT2D eigenvalue weighted by Crippen LogP contribution is -1.99. The predicted molar refractivity (Wildman–Crippen MR) is 125 cm³/mol. The second kappa shape index (κ2) is 13.7. The maximum Gasteiger partial charge on any atom is 0.213 e. The van der Waals surface area contributed by atoms with E-state index in [1.54, 1.807) is 13.3 Å². The number of thioether (sulfide) groups is 1. The molecule has 3 rings (SSSR count). The molecule has 1 aromatic heterocycles. The van der Waals surface area contributed by atoms with Crippen molar-refractivity contribution in [3.8, 4) is 11.6 Å². The van der Waals surface area contributed by atoms with Crippen LogP contribution in [0.2, 0.25) is 0 Å². The van der Waals surface area contributed by atoms with Gasteiger partial charge in [0.05, 0.1) is 7.11 Å². The van der Waals surface area contributed by atoms with E-state index in [2.05, 4.69) is 54.4 Å². The number of methoxy groups -OCH3 is 1. The number of rotatable bonds is 8. The van der Waals surface area contributed by atoms with Gasteiger partial charge in [0.15, 0.2) is 0 Å². The van der Waals surface area contributed by atoms with Crippen molar-refractivity contribution in [2.75, 3.05) is 7.11 Å². The largest absolute Gasteiger partial charge is 0.488 e. The Morgan fingerprint density at radius 2 is 1.66 bits per heavy atom. The quantitative estimate of drug-likeness (QED) is 0.367. The Bertz CT molecular complexity index is 837. The zero-order valence-electron chi connectivity index (χ0n) is 17.1. The lowest BCUT2D eigenvalue weighted by Gasteiger charge is -2.13. The molecular formula is C25H33NO2S. The van der Waals surface area contributed by atoms with Crippen LogP contribution in [0.5, 0.6) is 11.6 Å². The molecule has 0 saturated heterocycles. The third-order valence-electron chi connectivity index (χ3n) is 4.06. The van der Waals surface area contributed by atoms with Crippen LogP contribution in [-0.4, -0.2) is 12.1 Å². The molecule has 0 bridgehead atoms. The van der Waals surface area contributed by atoms with E-state index in [9.17, 15) is 0 Å². The molecule has 0 radical (unpaired) electrons. The molecule has 0 atom stereocenters. The van der Waals surface area contributed by atoms with Crippen LogP contribution in [0.1, 0.15) is 44.9 Å². The standard InChI is InChI=1S/C22H23NO2S.C2H6.CH4/c1-3-17-9-10-20(25-15-19-11-12-23-22(14-19)24-2)21(13-17)26-16-18-7-5-4-6-8-18;1-2;/h4-14H,3,15-16H2,1-2H3;1-2H3;1H4. The lowest BCUT2D eigenvalue weighted by atomic mass is 10.2. The predicted octanol–water partition coefficient (Wildman–Crippen LogP) is 7.19. The molecule has 4 heteroatoms. The van der Waals surface area contributed by atoms with Crippen molar-refractivity contribution < 1.29 is 9.47 Å². The van der Waals surface area contributed by atoms with E-state index in [0.29, 0.717) is 12.5 Å². The number of aryl methyl sites for hydroxylation is 1. The number of hydrogen-bond acceptors (Lipinski definition) is 4. The normalized spacial score (nSPS) is 9.66. The zero-order chi connectivity index (χ0) is 20.2. The van der Waals surface area contributed by atoms with Crippen LogP contribution >= 0.6 is 11.8 Å². The summed E-state index contributed by atoms with van der Waals surface area (Å²) in [6, 6.07) is 20.8. The molecule has 0 N–H and O–H groups in total. The molecule has 0 aliphatic heterocycles. The summed E-state index contributed by atoms with van der Waals surface area (Å²) in [7, 11) is 1.62. The van der Waals surface area contributed by atoms with E-state index >= 15 is 0 Å². The monoisotopic (exact) mass is 411 g/mol. The van der Waals surface area contributed by atoms with E-state index in [1.807, 2.05) is 43.8 Å². The van der Waals surface area contributed by atoms with Crippen LogP contribution in [0.15, 0.2) is 71.8 Å². The van der Waals surface area contributed by atoms with Gasteiger partial charge in [0.2, 0.25) is 5.88 Å². The zero-order valence-corrected chi connectivity index (χ0v) is 18.0. The third kappa shape index (κ3) is 7.82. The Hall–Kier alpha value is -2.46. The Kier molecular flexibility index (Phi) is 11.6. The summed E-state index contributed by atoms with van der Waals surface area (Å²) in [5.41, 5.74) is 3.66. The van der Waals surface area contributed by atoms with Gasteiger partial charge in [-0.15, -0.1) is 11.8 Å². The molecule has 2 aromatic carbocycles. The summed E-state index contributed by atoms with van der Waals surface area (Å²) in [4.78, 5) is 5.31. The van der Waals surface area contributed by atoms with Crippen LogP contribution in [0.25, 0.3) is 0 Å². The second-order valence-corrected chi connectivity index (χ2v) is 6.92. The Morgan fingerprint density at radius 1 is 0.897 bits per heavy atom. The van der Waals surface area contributed by atoms with Gasteiger partial charge in [0.25, 0.3) is 0 Å². The summed E-state index contributed by atoms with van der Waals surface area (Å²) >= 11 is 1.81. The summed E-state index contributed by atoms with van der Waals surface area (Å²) in [5.74, 6) is 2.44. The topological polar surface area (TPSA) is 31.4 Å². The number of hydrogen-bond donors (Lipinski definition) is 0. The maximum atomic E-state index is 6.11. The molecule has 0 spiro atoms. The molecule has 0 aliphatic carbocycles.